The molecule has 0 aromatic heterocycles. The summed E-state index contributed by atoms with van der Waals surface area (Å²) in [5, 5.41) is 14.7. The first-order valence-corrected chi connectivity index (χ1v) is 7.61. The normalized spacial score (nSPS) is 22.6. The fraction of sp³-hybridized carbons (Fsp3) is 0.500. The van der Waals surface area contributed by atoms with Gasteiger partial charge in [0, 0.05) is 24.6 Å². The van der Waals surface area contributed by atoms with E-state index in [9.17, 15) is 23.5 Å². The van der Waals surface area contributed by atoms with Gasteiger partial charge in [-0.1, -0.05) is 18.2 Å². The summed E-state index contributed by atoms with van der Waals surface area (Å²) in [6.45, 7) is -0.0745. The third-order valence-electron chi connectivity index (χ3n) is 4.67. The van der Waals surface area contributed by atoms with Gasteiger partial charge in [0.25, 0.3) is 5.91 Å². The standard InChI is InChI=1S/C16H18F2N2O3/c17-16(18,15(23)6-3-7-15)14(22)19-9-10-8-13(21)20-12-5-2-1-4-11(10)12/h1-2,4-5,10,23H,3,6-9H2,(H,19,22)(H,20,21)/t10-/m1/s1. The zero-order valence-electron chi connectivity index (χ0n) is 12.4. The fourth-order valence-corrected chi connectivity index (χ4v) is 3.05. The van der Waals surface area contributed by atoms with Crippen LogP contribution in [-0.2, 0) is 9.59 Å². The van der Waals surface area contributed by atoms with Crippen molar-refractivity contribution >= 4 is 17.5 Å². The number of anilines is 1. The topological polar surface area (TPSA) is 78.4 Å². The zero-order valence-corrected chi connectivity index (χ0v) is 12.4. The Bertz CT molecular complexity index is 644. The van der Waals surface area contributed by atoms with Gasteiger partial charge < -0.3 is 15.7 Å². The number of hydrogen-bond acceptors (Lipinski definition) is 3. The van der Waals surface area contributed by atoms with E-state index in [1.165, 1.54) is 0 Å². The first-order valence-electron chi connectivity index (χ1n) is 7.61. The molecule has 2 aliphatic rings. The Morgan fingerprint density at radius 2 is 2.09 bits per heavy atom. The Kier molecular flexibility index (Phi) is 3.83. The molecular weight excluding hydrogens is 306 g/mol. The third-order valence-corrected chi connectivity index (χ3v) is 4.67. The molecule has 0 saturated heterocycles. The summed E-state index contributed by atoms with van der Waals surface area (Å²) >= 11 is 0. The monoisotopic (exact) mass is 324 g/mol. The van der Waals surface area contributed by atoms with Crippen molar-refractivity contribution in [2.75, 3.05) is 11.9 Å². The van der Waals surface area contributed by atoms with Crippen LogP contribution in [0.25, 0.3) is 0 Å². The number of fused-ring (bicyclic) bond motifs is 1. The number of benzene rings is 1. The number of aliphatic hydroxyl groups is 1. The molecule has 2 amide bonds. The average molecular weight is 324 g/mol. The second-order valence-corrected chi connectivity index (χ2v) is 6.21. The lowest BCUT2D eigenvalue weighted by Gasteiger charge is -2.41. The number of rotatable bonds is 4. The minimum Gasteiger partial charge on any atom is -0.383 e. The van der Waals surface area contributed by atoms with Crippen molar-refractivity contribution in [1.29, 1.82) is 0 Å². The van der Waals surface area contributed by atoms with Crippen LogP contribution < -0.4 is 10.6 Å². The maximum atomic E-state index is 14.0. The third kappa shape index (κ3) is 2.69. The molecule has 0 bridgehead atoms. The molecule has 1 heterocycles. The van der Waals surface area contributed by atoms with Crippen LogP contribution in [-0.4, -0.2) is 35.0 Å². The van der Waals surface area contributed by atoms with Crippen LogP contribution >= 0.6 is 0 Å². The smallest absolute Gasteiger partial charge is 0.352 e. The van der Waals surface area contributed by atoms with E-state index in [4.69, 9.17) is 0 Å². The molecule has 1 aliphatic carbocycles. The number of hydrogen-bond donors (Lipinski definition) is 3. The van der Waals surface area contributed by atoms with E-state index in [0.717, 1.165) is 5.56 Å². The molecule has 0 spiro atoms. The van der Waals surface area contributed by atoms with Crippen molar-refractivity contribution in [2.45, 2.75) is 43.1 Å². The van der Waals surface area contributed by atoms with E-state index in [0.29, 0.717) is 12.1 Å². The first-order chi connectivity index (χ1) is 10.8. The van der Waals surface area contributed by atoms with Gasteiger partial charge in [0.05, 0.1) is 0 Å². The van der Waals surface area contributed by atoms with E-state index < -0.39 is 17.4 Å². The van der Waals surface area contributed by atoms with Crippen LogP contribution in [0, 0.1) is 0 Å². The molecule has 3 N–H and O–H groups in total. The molecule has 0 unspecified atom stereocenters. The van der Waals surface area contributed by atoms with Crippen molar-refractivity contribution in [3.05, 3.63) is 29.8 Å². The van der Waals surface area contributed by atoms with Crippen LogP contribution in [0.15, 0.2) is 24.3 Å². The summed E-state index contributed by atoms with van der Waals surface area (Å²) in [6.07, 6.45) is 0.437. The van der Waals surface area contributed by atoms with Crippen LogP contribution in [0.1, 0.15) is 37.2 Å². The second kappa shape index (κ2) is 5.56. The molecule has 1 saturated carbocycles. The minimum absolute atomic E-state index is 0.0745. The van der Waals surface area contributed by atoms with Gasteiger partial charge >= 0.3 is 5.92 Å². The average Bonchev–Trinajstić information content (AvgIpc) is 2.49. The maximum absolute atomic E-state index is 14.0. The van der Waals surface area contributed by atoms with Crippen LogP contribution in [0.4, 0.5) is 14.5 Å². The first kappa shape index (κ1) is 15.9. The summed E-state index contributed by atoms with van der Waals surface area (Å²) in [5.74, 6) is -5.88. The lowest BCUT2D eigenvalue weighted by atomic mass is 9.75. The highest BCUT2D eigenvalue weighted by molar-refractivity contribution is 5.95. The van der Waals surface area contributed by atoms with E-state index in [2.05, 4.69) is 10.6 Å². The number of nitrogens with one attached hydrogen (secondary N) is 2. The number of para-hydroxylation sites is 1. The zero-order chi connectivity index (χ0) is 16.7. The molecule has 7 heteroatoms. The molecule has 1 aromatic rings. The lowest BCUT2D eigenvalue weighted by Crippen LogP contribution is -2.61. The van der Waals surface area contributed by atoms with Gasteiger partial charge in [-0.25, -0.2) is 0 Å². The van der Waals surface area contributed by atoms with Gasteiger partial charge in [0.1, 0.15) is 5.60 Å². The van der Waals surface area contributed by atoms with E-state index >= 15 is 0 Å². The Morgan fingerprint density at radius 3 is 2.74 bits per heavy atom. The predicted octanol–water partition coefficient (Wildman–Crippen LogP) is 1.78. The molecule has 1 aromatic carbocycles. The highest BCUT2D eigenvalue weighted by atomic mass is 19.3. The summed E-state index contributed by atoms with van der Waals surface area (Å²) in [5.41, 5.74) is -0.802. The lowest BCUT2D eigenvalue weighted by molar-refractivity contribution is -0.215. The Hall–Kier alpha value is -2.02. The van der Waals surface area contributed by atoms with E-state index in [1.807, 2.05) is 0 Å². The SMILES string of the molecule is O=C1C[C@H](CNC(=O)C(F)(F)C2(O)CCC2)c2ccccc2N1. The van der Waals surface area contributed by atoms with Crippen LogP contribution in [0.2, 0.25) is 0 Å². The highest BCUT2D eigenvalue weighted by Gasteiger charge is 2.61. The van der Waals surface area contributed by atoms with Gasteiger partial charge in [0.2, 0.25) is 5.91 Å². The van der Waals surface area contributed by atoms with Crippen molar-refractivity contribution in [3.63, 3.8) is 0 Å². The van der Waals surface area contributed by atoms with Gasteiger partial charge in [-0.15, -0.1) is 0 Å². The summed E-state index contributed by atoms with van der Waals surface area (Å²) in [6, 6.07) is 7.08. The van der Waals surface area contributed by atoms with Crippen molar-refractivity contribution in [2.24, 2.45) is 0 Å². The van der Waals surface area contributed by atoms with Crippen LogP contribution in [0.5, 0.6) is 0 Å². The van der Waals surface area contributed by atoms with Gasteiger partial charge in [-0.05, 0) is 30.9 Å². The summed E-state index contributed by atoms with van der Waals surface area (Å²) in [7, 11) is 0. The number of amides is 2. The Balaban J connectivity index is 1.69. The van der Waals surface area contributed by atoms with E-state index in [1.54, 1.807) is 24.3 Å². The quantitative estimate of drug-likeness (QED) is 0.790. The largest absolute Gasteiger partial charge is 0.383 e. The molecule has 0 radical (unpaired) electrons. The van der Waals surface area contributed by atoms with Gasteiger partial charge in [0.15, 0.2) is 0 Å². The number of carbonyl (C=O) groups is 2. The highest BCUT2D eigenvalue weighted by Crippen LogP contribution is 2.44. The van der Waals surface area contributed by atoms with Gasteiger partial charge in [-0.2, -0.15) is 8.78 Å². The molecular formula is C16H18F2N2O3. The Morgan fingerprint density at radius 1 is 1.39 bits per heavy atom. The van der Waals surface area contributed by atoms with Crippen molar-refractivity contribution in [1.82, 2.24) is 5.32 Å². The summed E-state index contributed by atoms with van der Waals surface area (Å²) in [4.78, 5) is 23.5. The number of carbonyl (C=O) groups excluding carboxylic acids is 2. The van der Waals surface area contributed by atoms with E-state index in [-0.39, 0.29) is 37.6 Å². The minimum atomic E-state index is -3.82. The second-order valence-electron chi connectivity index (χ2n) is 6.21. The molecule has 1 aliphatic heterocycles. The van der Waals surface area contributed by atoms with Gasteiger partial charge in [-0.3, -0.25) is 9.59 Å². The molecule has 1 fully saturated rings. The Labute approximate surface area is 132 Å². The van der Waals surface area contributed by atoms with Crippen molar-refractivity contribution in [3.8, 4) is 0 Å². The fourth-order valence-electron chi connectivity index (χ4n) is 3.05. The van der Waals surface area contributed by atoms with Crippen molar-refractivity contribution < 1.29 is 23.5 Å². The van der Waals surface area contributed by atoms with Crippen LogP contribution in [0.3, 0.4) is 0 Å². The molecule has 1 atom stereocenters. The molecule has 124 valence electrons. The molecule has 3 rings (SSSR count). The summed E-state index contributed by atoms with van der Waals surface area (Å²) < 4.78 is 28.1. The predicted molar refractivity (Wildman–Crippen MR) is 79.2 cm³/mol. The molecule has 23 heavy (non-hydrogen) atoms. The molecule has 5 nitrogen and oxygen atoms in total. The maximum Gasteiger partial charge on any atom is 0.352 e. The number of halogens is 2. The number of alkyl halides is 2.